The number of carbonyl (C=O) groups is 1. The Morgan fingerprint density at radius 3 is 2.62 bits per heavy atom. The fourth-order valence-electron chi connectivity index (χ4n) is 2.53. The van der Waals surface area contributed by atoms with Gasteiger partial charge in [-0.05, 0) is 41.3 Å². The molecule has 0 aromatic heterocycles. The van der Waals surface area contributed by atoms with Crippen molar-refractivity contribution in [1.82, 2.24) is 4.90 Å². The van der Waals surface area contributed by atoms with Crippen LogP contribution >= 0.6 is 24.0 Å². The maximum Gasteiger partial charge on any atom is 0.267 e. The van der Waals surface area contributed by atoms with E-state index in [4.69, 9.17) is 12.2 Å². The van der Waals surface area contributed by atoms with Crippen LogP contribution in [-0.4, -0.2) is 21.8 Å². The molecule has 3 nitrogen and oxygen atoms in total. The van der Waals surface area contributed by atoms with Gasteiger partial charge in [0.25, 0.3) is 5.91 Å². The maximum absolute atomic E-state index is 13.2. The molecule has 0 aliphatic carbocycles. The molecule has 1 aliphatic rings. The third-order valence-electron chi connectivity index (χ3n) is 4.04. The Hall–Kier alpha value is -2.18. The fourth-order valence-corrected chi connectivity index (χ4v) is 3.79. The third-order valence-corrected chi connectivity index (χ3v) is 5.42. The fraction of sp³-hybridized carbons (Fsp3) is 0.200. The van der Waals surface area contributed by atoms with Crippen molar-refractivity contribution in [3.05, 3.63) is 70.4 Å². The van der Waals surface area contributed by atoms with Gasteiger partial charge in [0.2, 0.25) is 0 Å². The number of amides is 1. The van der Waals surface area contributed by atoms with Gasteiger partial charge >= 0.3 is 0 Å². The molecule has 2 aromatic carbocycles. The number of rotatable bonds is 5. The molecule has 0 spiro atoms. The van der Waals surface area contributed by atoms with Crippen LogP contribution in [0.25, 0.3) is 6.08 Å². The second kappa shape index (κ2) is 8.01. The first-order valence-electron chi connectivity index (χ1n) is 8.29. The van der Waals surface area contributed by atoms with Crippen molar-refractivity contribution in [3.8, 4) is 0 Å². The number of hydrogen-bond acceptors (Lipinski definition) is 4. The Morgan fingerprint density at radius 1 is 1.23 bits per heavy atom. The average molecular weight is 387 g/mol. The first-order chi connectivity index (χ1) is 12.4. The lowest BCUT2D eigenvalue weighted by molar-refractivity contribution is -0.121. The summed E-state index contributed by atoms with van der Waals surface area (Å²) >= 11 is 6.60. The zero-order valence-corrected chi connectivity index (χ0v) is 16.2. The predicted molar refractivity (Wildman–Crippen MR) is 110 cm³/mol. The van der Waals surface area contributed by atoms with Gasteiger partial charge in [-0.15, -0.1) is 0 Å². The molecule has 0 atom stereocenters. The number of thiocarbonyl (C=S) groups is 1. The second-order valence-corrected chi connectivity index (χ2v) is 7.95. The van der Waals surface area contributed by atoms with E-state index < -0.39 is 0 Å². The van der Waals surface area contributed by atoms with Crippen molar-refractivity contribution in [1.29, 1.82) is 0 Å². The van der Waals surface area contributed by atoms with Gasteiger partial charge in [-0.3, -0.25) is 9.69 Å². The minimum atomic E-state index is -0.329. The standard InChI is InChI=1S/C20H19FN2OS2/c1-13(2)15-8-6-14(7-9-15)10-18-19(24)23(20(25)26-18)12-22-17-5-3-4-16(21)11-17/h3-11,13,22H,12H2,1-2H3/b18-10+. The van der Waals surface area contributed by atoms with Crippen LogP contribution in [0, 0.1) is 5.82 Å². The van der Waals surface area contributed by atoms with Crippen LogP contribution in [0.15, 0.2) is 53.4 Å². The van der Waals surface area contributed by atoms with Crippen molar-refractivity contribution >= 4 is 46.0 Å². The Labute approximate surface area is 162 Å². The molecule has 26 heavy (non-hydrogen) atoms. The molecule has 1 fully saturated rings. The summed E-state index contributed by atoms with van der Waals surface area (Å²) in [7, 11) is 0. The lowest BCUT2D eigenvalue weighted by Gasteiger charge is -2.16. The summed E-state index contributed by atoms with van der Waals surface area (Å²) in [6.45, 7) is 4.50. The molecule has 3 rings (SSSR count). The largest absolute Gasteiger partial charge is 0.367 e. The van der Waals surface area contributed by atoms with Gasteiger partial charge in [-0.1, -0.05) is 68.2 Å². The van der Waals surface area contributed by atoms with Gasteiger partial charge in [-0.25, -0.2) is 4.39 Å². The van der Waals surface area contributed by atoms with E-state index in [2.05, 4.69) is 31.3 Å². The number of hydrogen-bond donors (Lipinski definition) is 1. The van der Waals surface area contributed by atoms with Gasteiger partial charge in [0, 0.05) is 5.69 Å². The molecule has 134 valence electrons. The number of nitrogens with zero attached hydrogens (tertiary/aromatic N) is 1. The number of nitrogens with one attached hydrogen (secondary N) is 1. The summed E-state index contributed by atoms with van der Waals surface area (Å²) in [4.78, 5) is 14.7. The van der Waals surface area contributed by atoms with Crippen LogP contribution in [0.5, 0.6) is 0 Å². The van der Waals surface area contributed by atoms with Crippen LogP contribution in [-0.2, 0) is 4.79 Å². The quantitative estimate of drug-likeness (QED) is 0.564. The number of carbonyl (C=O) groups excluding carboxylic acids is 1. The van der Waals surface area contributed by atoms with Crippen LogP contribution in [0.1, 0.15) is 30.9 Å². The average Bonchev–Trinajstić information content (AvgIpc) is 2.87. The highest BCUT2D eigenvalue weighted by Gasteiger charge is 2.31. The molecule has 1 N–H and O–H groups in total. The maximum atomic E-state index is 13.2. The summed E-state index contributed by atoms with van der Waals surface area (Å²) < 4.78 is 13.7. The van der Waals surface area contributed by atoms with E-state index in [-0.39, 0.29) is 18.4 Å². The Bertz CT molecular complexity index is 862. The summed E-state index contributed by atoms with van der Waals surface area (Å²) in [5.74, 6) is -0.00174. The summed E-state index contributed by atoms with van der Waals surface area (Å²) in [6, 6.07) is 14.3. The summed E-state index contributed by atoms with van der Waals surface area (Å²) in [6.07, 6.45) is 1.85. The van der Waals surface area contributed by atoms with Gasteiger partial charge in [0.05, 0.1) is 11.6 Å². The Morgan fingerprint density at radius 2 is 1.96 bits per heavy atom. The Kier molecular flexibility index (Phi) is 5.74. The summed E-state index contributed by atoms with van der Waals surface area (Å²) in [5.41, 5.74) is 2.83. The van der Waals surface area contributed by atoms with Crippen molar-refractivity contribution in [2.75, 3.05) is 12.0 Å². The van der Waals surface area contributed by atoms with Crippen molar-refractivity contribution in [3.63, 3.8) is 0 Å². The molecule has 6 heteroatoms. The molecule has 0 radical (unpaired) electrons. The van der Waals surface area contributed by atoms with Crippen LogP contribution < -0.4 is 5.32 Å². The van der Waals surface area contributed by atoms with E-state index in [0.29, 0.717) is 20.8 Å². The van der Waals surface area contributed by atoms with Crippen molar-refractivity contribution in [2.24, 2.45) is 0 Å². The molecular weight excluding hydrogens is 367 g/mol. The van der Waals surface area contributed by atoms with Gasteiger partial charge in [0.1, 0.15) is 10.1 Å². The van der Waals surface area contributed by atoms with Crippen LogP contribution in [0.4, 0.5) is 10.1 Å². The van der Waals surface area contributed by atoms with E-state index >= 15 is 0 Å². The van der Waals surface area contributed by atoms with E-state index in [1.807, 2.05) is 18.2 Å². The number of thioether (sulfide) groups is 1. The Balaban J connectivity index is 1.69. The normalized spacial score (nSPS) is 16.0. The minimum absolute atomic E-state index is 0.142. The number of benzene rings is 2. The highest BCUT2D eigenvalue weighted by atomic mass is 32.2. The minimum Gasteiger partial charge on any atom is -0.367 e. The van der Waals surface area contributed by atoms with Crippen LogP contribution in [0.2, 0.25) is 0 Å². The molecular formula is C20H19FN2OS2. The number of halogens is 1. The lowest BCUT2D eigenvalue weighted by Crippen LogP contribution is -2.33. The second-order valence-electron chi connectivity index (χ2n) is 6.28. The van der Waals surface area contributed by atoms with E-state index in [0.717, 1.165) is 5.56 Å². The first kappa shape index (κ1) is 18.6. The molecule has 0 bridgehead atoms. The van der Waals surface area contributed by atoms with Gasteiger partial charge < -0.3 is 5.32 Å². The highest BCUT2D eigenvalue weighted by molar-refractivity contribution is 8.26. The first-order valence-corrected chi connectivity index (χ1v) is 9.51. The van der Waals surface area contributed by atoms with Gasteiger partial charge in [0.15, 0.2) is 0 Å². The zero-order valence-electron chi connectivity index (χ0n) is 14.5. The molecule has 0 unspecified atom stereocenters. The van der Waals surface area contributed by atoms with E-state index in [1.54, 1.807) is 12.1 Å². The van der Waals surface area contributed by atoms with Crippen LogP contribution in [0.3, 0.4) is 0 Å². The molecule has 1 saturated heterocycles. The zero-order chi connectivity index (χ0) is 18.7. The molecule has 0 saturated carbocycles. The summed E-state index contributed by atoms with van der Waals surface area (Å²) in [5, 5.41) is 3.03. The third kappa shape index (κ3) is 4.31. The highest BCUT2D eigenvalue weighted by Crippen LogP contribution is 2.32. The number of anilines is 1. The van der Waals surface area contributed by atoms with E-state index in [9.17, 15) is 9.18 Å². The monoisotopic (exact) mass is 386 g/mol. The predicted octanol–water partition coefficient (Wildman–Crippen LogP) is 5.22. The topological polar surface area (TPSA) is 32.3 Å². The lowest BCUT2D eigenvalue weighted by atomic mass is 10.0. The van der Waals surface area contributed by atoms with Gasteiger partial charge in [-0.2, -0.15) is 0 Å². The smallest absolute Gasteiger partial charge is 0.267 e. The molecule has 2 aromatic rings. The van der Waals surface area contributed by atoms with Crippen molar-refractivity contribution < 1.29 is 9.18 Å². The molecule has 1 heterocycles. The van der Waals surface area contributed by atoms with Crippen molar-refractivity contribution in [2.45, 2.75) is 19.8 Å². The molecule has 1 amide bonds. The molecule has 1 aliphatic heterocycles. The van der Waals surface area contributed by atoms with E-state index in [1.165, 1.54) is 34.4 Å². The SMILES string of the molecule is CC(C)c1ccc(/C=C2/SC(=S)N(CNc3cccc(F)c3)C2=O)cc1.